The monoisotopic (exact) mass is 229 g/mol. The van der Waals surface area contributed by atoms with Crippen LogP contribution in [-0.2, 0) is 15.1 Å². The van der Waals surface area contributed by atoms with Crippen LogP contribution in [0, 0.1) is 11.6 Å². The summed E-state index contributed by atoms with van der Waals surface area (Å²) < 4.78 is 30.9. The van der Waals surface area contributed by atoms with Crippen molar-refractivity contribution in [3.05, 3.63) is 35.4 Å². The summed E-state index contributed by atoms with van der Waals surface area (Å²) in [5.41, 5.74) is 4.44. The molecule has 1 atom stereocenters. The Labute approximate surface area is 92.2 Å². The number of carbonyl (C=O) groups excluding carboxylic acids is 1. The largest absolute Gasteiger partial charge is 0.469 e. The molecule has 0 aliphatic heterocycles. The SMILES string of the molecule is COC(=O)CC(C)(N)c1cccc(F)c1F. The number of carbonyl (C=O) groups is 1. The summed E-state index contributed by atoms with van der Waals surface area (Å²) in [6.45, 7) is 1.45. The topological polar surface area (TPSA) is 52.3 Å². The van der Waals surface area contributed by atoms with Gasteiger partial charge >= 0.3 is 5.97 Å². The average Bonchev–Trinajstić information content (AvgIpc) is 2.21. The van der Waals surface area contributed by atoms with Crippen molar-refractivity contribution in [1.29, 1.82) is 0 Å². The summed E-state index contributed by atoms with van der Waals surface area (Å²) >= 11 is 0. The standard InChI is InChI=1S/C11H13F2NO2/c1-11(14,6-9(15)16-2)7-4-3-5-8(12)10(7)13/h3-5H,6,14H2,1-2H3. The molecule has 1 rings (SSSR count). The Hall–Kier alpha value is -1.49. The summed E-state index contributed by atoms with van der Waals surface area (Å²) in [6.07, 6.45) is -0.218. The lowest BCUT2D eigenvalue weighted by Crippen LogP contribution is -2.37. The van der Waals surface area contributed by atoms with Crippen LogP contribution in [0.5, 0.6) is 0 Å². The first-order valence-corrected chi connectivity index (χ1v) is 4.68. The van der Waals surface area contributed by atoms with Gasteiger partial charge in [-0.25, -0.2) is 8.78 Å². The van der Waals surface area contributed by atoms with Gasteiger partial charge in [0.15, 0.2) is 11.6 Å². The number of hydrogen-bond donors (Lipinski definition) is 1. The minimum atomic E-state index is -1.29. The smallest absolute Gasteiger partial charge is 0.307 e. The lowest BCUT2D eigenvalue weighted by Gasteiger charge is -2.24. The number of benzene rings is 1. The Morgan fingerprint density at radius 2 is 2.12 bits per heavy atom. The maximum atomic E-state index is 13.4. The maximum absolute atomic E-state index is 13.4. The normalized spacial score (nSPS) is 14.3. The van der Waals surface area contributed by atoms with Gasteiger partial charge in [-0.15, -0.1) is 0 Å². The molecule has 1 aromatic carbocycles. The summed E-state index contributed by atoms with van der Waals surface area (Å²) in [5, 5.41) is 0. The molecule has 2 N–H and O–H groups in total. The van der Waals surface area contributed by atoms with Gasteiger partial charge in [0.2, 0.25) is 0 Å². The van der Waals surface area contributed by atoms with Crippen molar-refractivity contribution in [2.75, 3.05) is 7.11 Å². The molecular formula is C11H13F2NO2. The highest BCUT2D eigenvalue weighted by atomic mass is 19.2. The second-order valence-electron chi connectivity index (χ2n) is 3.77. The number of rotatable bonds is 3. The molecule has 0 radical (unpaired) electrons. The van der Waals surface area contributed by atoms with E-state index in [1.807, 2.05) is 0 Å². The quantitative estimate of drug-likeness (QED) is 0.802. The van der Waals surface area contributed by atoms with Gasteiger partial charge in [-0.1, -0.05) is 12.1 Å². The zero-order valence-corrected chi connectivity index (χ0v) is 9.09. The number of halogens is 2. The molecule has 88 valence electrons. The Bertz CT molecular complexity index is 405. The first kappa shape index (κ1) is 12.6. The van der Waals surface area contributed by atoms with Gasteiger partial charge in [0, 0.05) is 5.56 Å². The predicted octanol–water partition coefficient (Wildman–Crippen LogP) is 1.70. The van der Waals surface area contributed by atoms with Crippen LogP contribution < -0.4 is 5.73 Å². The van der Waals surface area contributed by atoms with Crippen LogP contribution in [0.15, 0.2) is 18.2 Å². The number of ether oxygens (including phenoxy) is 1. The zero-order valence-electron chi connectivity index (χ0n) is 9.09. The zero-order chi connectivity index (χ0) is 12.3. The van der Waals surface area contributed by atoms with Gasteiger partial charge in [0.05, 0.1) is 19.1 Å². The van der Waals surface area contributed by atoms with E-state index in [1.165, 1.54) is 26.2 Å². The maximum Gasteiger partial charge on any atom is 0.307 e. The van der Waals surface area contributed by atoms with Crippen LogP contribution in [0.4, 0.5) is 8.78 Å². The van der Waals surface area contributed by atoms with Crippen LogP contribution >= 0.6 is 0 Å². The van der Waals surface area contributed by atoms with E-state index in [4.69, 9.17) is 5.73 Å². The first-order valence-electron chi connectivity index (χ1n) is 4.68. The highest BCUT2D eigenvalue weighted by molar-refractivity contribution is 5.71. The van der Waals surface area contributed by atoms with Crippen LogP contribution in [0.3, 0.4) is 0 Å². The van der Waals surface area contributed by atoms with E-state index in [-0.39, 0.29) is 12.0 Å². The van der Waals surface area contributed by atoms with E-state index in [0.717, 1.165) is 6.07 Å². The minimum absolute atomic E-state index is 0.0436. The Balaban J connectivity index is 3.06. The van der Waals surface area contributed by atoms with Crippen molar-refractivity contribution >= 4 is 5.97 Å². The second-order valence-corrected chi connectivity index (χ2v) is 3.77. The molecule has 1 unspecified atom stereocenters. The van der Waals surface area contributed by atoms with Crippen LogP contribution in [-0.4, -0.2) is 13.1 Å². The van der Waals surface area contributed by atoms with E-state index < -0.39 is 23.1 Å². The molecule has 0 fully saturated rings. The van der Waals surface area contributed by atoms with Crippen molar-refractivity contribution in [3.63, 3.8) is 0 Å². The summed E-state index contributed by atoms with van der Waals surface area (Å²) in [7, 11) is 1.21. The van der Waals surface area contributed by atoms with E-state index >= 15 is 0 Å². The average molecular weight is 229 g/mol. The summed E-state index contributed by atoms with van der Waals surface area (Å²) in [6, 6.07) is 3.69. The number of hydrogen-bond acceptors (Lipinski definition) is 3. The highest BCUT2D eigenvalue weighted by Crippen LogP contribution is 2.25. The molecule has 0 saturated carbocycles. The van der Waals surface area contributed by atoms with E-state index in [9.17, 15) is 13.6 Å². The molecule has 0 bridgehead atoms. The van der Waals surface area contributed by atoms with Gasteiger partial charge in [-0.2, -0.15) is 0 Å². The van der Waals surface area contributed by atoms with E-state index in [2.05, 4.69) is 4.74 Å². The second kappa shape index (κ2) is 4.57. The Kier molecular flexibility index (Phi) is 3.59. The third-order valence-corrected chi connectivity index (χ3v) is 2.31. The van der Waals surface area contributed by atoms with Gasteiger partial charge in [-0.05, 0) is 13.0 Å². The molecule has 0 heterocycles. The third kappa shape index (κ3) is 2.55. The van der Waals surface area contributed by atoms with Crippen molar-refractivity contribution < 1.29 is 18.3 Å². The Morgan fingerprint density at radius 3 is 2.69 bits per heavy atom. The van der Waals surface area contributed by atoms with Crippen molar-refractivity contribution in [1.82, 2.24) is 0 Å². The summed E-state index contributed by atoms with van der Waals surface area (Å²) in [5.74, 6) is -2.59. The first-order chi connectivity index (χ1) is 7.38. The third-order valence-electron chi connectivity index (χ3n) is 2.31. The molecule has 0 aromatic heterocycles. The van der Waals surface area contributed by atoms with Crippen LogP contribution in [0.2, 0.25) is 0 Å². The number of esters is 1. The highest BCUT2D eigenvalue weighted by Gasteiger charge is 2.29. The fourth-order valence-electron chi connectivity index (χ4n) is 1.41. The lowest BCUT2D eigenvalue weighted by atomic mass is 9.89. The molecule has 0 spiro atoms. The fraction of sp³-hybridized carbons (Fsp3) is 0.364. The van der Waals surface area contributed by atoms with E-state index in [1.54, 1.807) is 0 Å². The van der Waals surface area contributed by atoms with Gasteiger partial charge < -0.3 is 10.5 Å². The molecule has 0 saturated heterocycles. The summed E-state index contributed by atoms with van der Waals surface area (Å²) in [4.78, 5) is 11.1. The number of methoxy groups -OCH3 is 1. The molecule has 5 heteroatoms. The molecule has 0 aliphatic rings. The molecule has 3 nitrogen and oxygen atoms in total. The fourth-order valence-corrected chi connectivity index (χ4v) is 1.41. The van der Waals surface area contributed by atoms with Gasteiger partial charge in [0.25, 0.3) is 0 Å². The van der Waals surface area contributed by atoms with Gasteiger partial charge in [0.1, 0.15) is 0 Å². The van der Waals surface area contributed by atoms with Crippen molar-refractivity contribution in [2.45, 2.75) is 18.9 Å². The van der Waals surface area contributed by atoms with Gasteiger partial charge in [-0.3, -0.25) is 4.79 Å². The Morgan fingerprint density at radius 1 is 1.50 bits per heavy atom. The van der Waals surface area contributed by atoms with Crippen molar-refractivity contribution in [3.8, 4) is 0 Å². The minimum Gasteiger partial charge on any atom is -0.469 e. The van der Waals surface area contributed by atoms with Crippen molar-refractivity contribution in [2.24, 2.45) is 5.73 Å². The number of nitrogens with two attached hydrogens (primary N) is 1. The van der Waals surface area contributed by atoms with Crippen LogP contribution in [0.25, 0.3) is 0 Å². The lowest BCUT2D eigenvalue weighted by molar-refractivity contribution is -0.142. The molecular weight excluding hydrogens is 216 g/mol. The predicted molar refractivity (Wildman–Crippen MR) is 54.5 cm³/mol. The molecule has 1 aromatic rings. The molecule has 0 amide bonds. The molecule has 0 aliphatic carbocycles. The van der Waals surface area contributed by atoms with E-state index in [0.29, 0.717) is 0 Å². The van der Waals surface area contributed by atoms with Crippen LogP contribution in [0.1, 0.15) is 18.9 Å². The molecule has 16 heavy (non-hydrogen) atoms.